The van der Waals surface area contributed by atoms with Crippen molar-refractivity contribution in [2.45, 2.75) is 31.9 Å². The van der Waals surface area contributed by atoms with Gasteiger partial charge in [-0.2, -0.15) is 0 Å². The molecule has 3 rings (SSSR count). The summed E-state index contributed by atoms with van der Waals surface area (Å²) in [7, 11) is 0. The second-order valence-corrected chi connectivity index (χ2v) is 7.33. The van der Waals surface area contributed by atoms with E-state index >= 15 is 0 Å². The van der Waals surface area contributed by atoms with Gasteiger partial charge in [0.05, 0.1) is 0 Å². The average molecular weight is 450 g/mol. The van der Waals surface area contributed by atoms with Gasteiger partial charge < -0.3 is 25.0 Å². The van der Waals surface area contributed by atoms with Gasteiger partial charge in [0.2, 0.25) is 5.60 Å². The van der Waals surface area contributed by atoms with Crippen molar-refractivity contribution >= 4 is 12.4 Å². The quantitative estimate of drug-likeness (QED) is 0.320. The predicted octanol–water partition coefficient (Wildman–Crippen LogP) is 2.25. The molecule has 3 aromatic rings. The van der Waals surface area contributed by atoms with E-state index in [1.807, 2.05) is 48.5 Å². The molecule has 1 atom stereocenters. The summed E-state index contributed by atoms with van der Waals surface area (Å²) in [6, 6.07) is 15.7. The van der Waals surface area contributed by atoms with Gasteiger partial charge in [-0.05, 0) is 55.2 Å². The van der Waals surface area contributed by atoms with Crippen LogP contribution in [-0.2, 0) is 28.2 Å². The lowest BCUT2D eigenvalue weighted by Gasteiger charge is -2.19. The second kappa shape index (κ2) is 12.2. The van der Waals surface area contributed by atoms with Gasteiger partial charge >= 0.3 is 5.97 Å². The number of nitrogens with zero attached hydrogens (tertiary/aromatic N) is 2. The molecule has 0 saturated carbocycles. The Labute approximate surface area is 191 Å². The minimum absolute atomic E-state index is 0.0845. The van der Waals surface area contributed by atoms with Gasteiger partial charge in [0.1, 0.15) is 0 Å². The molecule has 0 radical (unpaired) electrons. The highest BCUT2D eigenvalue weighted by Crippen LogP contribution is 2.20. The summed E-state index contributed by atoms with van der Waals surface area (Å²) in [5.74, 6) is 5.01. The predicted molar refractivity (Wildman–Crippen MR) is 121 cm³/mol. The van der Waals surface area contributed by atoms with Crippen molar-refractivity contribution in [1.29, 1.82) is 0 Å². The Morgan fingerprint density at radius 1 is 1.06 bits per heavy atom. The Morgan fingerprint density at radius 3 is 2.06 bits per heavy atom. The van der Waals surface area contributed by atoms with Crippen LogP contribution in [0.5, 0.6) is 0 Å². The number of carbonyl (C=O) groups is 2. The van der Waals surface area contributed by atoms with Gasteiger partial charge in [-0.15, -0.1) is 0 Å². The molecule has 2 aromatic carbocycles. The number of aromatic nitrogens is 2. The molecule has 0 aliphatic rings. The Hall–Kier alpha value is -3.93. The monoisotopic (exact) mass is 450 g/mol. The van der Waals surface area contributed by atoms with Crippen LogP contribution in [0.3, 0.4) is 0 Å². The summed E-state index contributed by atoms with van der Waals surface area (Å²) >= 11 is 0. The number of rotatable bonds is 7. The molecular formula is C25H26N2O6. The minimum Gasteiger partial charge on any atom is -0.483 e. The molecule has 4 N–H and O–H groups in total. The number of carboxylic acid groups (broad SMARTS) is 2. The van der Waals surface area contributed by atoms with Gasteiger partial charge in [0, 0.05) is 36.7 Å². The molecule has 0 aliphatic carbocycles. The number of aliphatic carboxylic acids is 1. The minimum atomic E-state index is -2.05. The molecule has 172 valence electrons. The van der Waals surface area contributed by atoms with Crippen LogP contribution in [0.2, 0.25) is 0 Å². The normalized spacial score (nSPS) is 11.8. The van der Waals surface area contributed by atoms with E-state index < -0.39 is 11.6 Å². The van der Waals surface area contributed by atoms with E-state index in [-0.39, 0.29) is 18.9 Å². The SMILES string of the molecule is CC(O)(C(=O)O)c1nccn1Cc1ccc(C#Cc2ccc(CCCO)cc2)cc1.O=CO. The Balaban J connectivity index is 0.00000122. The van der Waals surface area contributed by atoms with Gasteiger partial charge in [-0.3, -0.25) is 4.79 Å². The fourth-order valence-electron chi connectivity index (χ4n) is 3.03. The van der Waals surface area contributed by atoms with Crippen LogP contribution in [0.1, 0.15) is 41.4 Å². The van der Waals surface area contributed by atoms with Gasteiger partial charge in [-0.1, -0.05) is 36.1 Å². The molecule has 8 nitrogen and oxygen atoms in total. The molecule has 33 heavy (non-hydrogen) atoms. The molecule has 0 aliphatic heterocycles. The summed E-state index contributed by atoms with van der Waals surface area (Å²) in [4.78, 5) is 23.7. The molecule has 1 aromatic heterocycles. The van der Waals surface area contributed by atoms with E-state index in [1.165, 1.54) is 18.7 Å². The summed E-state index contributed by atoms with van der Waals surface area (Å²) in [6.07, 6.45) is 4.73. The number of hydrogen-bond acceptors (Lipinski definition) is 5. The Kier molecular flexibility index (Phi) is 9.36. The van der Waals surface area contributed by atoms with Crippen molar-refractivity contribution in [2.75, 3.05) is 6.61 Å². The number of aliphatic hydroxyl groups is 2. The van der Waals surface area contributed by atoms with Crippen LogP contribution in [0.15, 0.2) is 60.9 Å². The maximum atomic E-state index is 11.3. The van der Waals surface area contributed by atoms with Gasteiger partial charge in [0.15, 0.2) is 5.82 Å². The first-order chi connectivity index (χ1) is 15.8. The lowest BCUT2D eigenvalue weighted by molar-refractivity contribution is -0.158. The smallest absolute Gasteiger partial charge is 0.343 e. The van der Waals surface area contributed by atoms with Crippen molar-refractivity contribution in [1.82, 2.24) is 9.55 Å². The van der Waals surface area contributed by atoms with E-state index in [0.29, 0.717) is 6.54 Å². The highest BCUT2D eigenvalue weighted by Gasteiger charge is 2.36. The van der Waals surface area contributed by atoms with Crippen molar-refractivity contribution in [3.63, 3.8) is 0 Å². The number of imidazole rings is 1. The van der Waals surface area contributed by atoms with Crippen LogP contribution >= 0.6 is 0 Å². The lowest BCUT2D eigenvalue weighted by Crippen LogP contribution is -2.35. The maximum Gasteiger partial charge on any atom is 0.343 e. The third-order valence-corrected chi connectivity index (χ3v) is 4.80. The summed E-state index contributed by atoms with van der Waals surface area (Å²) < 4.78 is 1.62. The highest BCUT2D eigenvalue weighted by atomic mass is 16.4. The second-order valence-electron chi connectivity index (χ2n) is 7.33. The van der Waals surface area contributed by atoms with Crippen LogP contribution in [0.4, 0.5) is 0 Å². The van der Waals surface area contributed by atoms with Crippen molar-refractivity contribution < 1.29 is 30.0 Å². The zero-order valence-electron chi connectivity index (χ0n) is 18.2. The van der Waals surface area contributed by atoms with E-state index in [4.69, 9.17) is 15.0 Å². The van der Waals surface area contributed by atoms with E-state index in [9.17, 15) is 15.0 Å². The fraction of sp³-hybridized carbons (Fsp3) is 0.240. The summed E-state index contributed by atoms with van der Waals surface area (Å²) in [6.45, 7) is 1.55. The van der Waals surface area contributed by atoms with Gasteiger partial charge in [-0.25, -0.2) is 9.78 Å². The number of aryl methyl sites for hydroxylation is 1. The lowest BCUT2D eigenvalue weighted by atomic mass is 10.1. The molecule has 0 amide bonds. The van der Waals surface area contributed by atoms with Crippen LogP contribution in [0.25, 0.3) is 0 Å². The van der Waals surface area contributed by atoms with Crippen molar-refractivity contribution in [2.24, 2.45) is 0 Å². The topological polar surface area (TPSA) is 133 Å². The number of aliphatic hydroxyl groups excluding tert-OH is 1. The van der Waals surface area contributed by atoms with Crippen molar-refractivity contribution in [3.8, 4) is 11.8 Å². The molecule has 8 heteroatoms. The maximum absolute atomic E-state index is 11.3. The zero-order valence-corrected chi connectivity index (χ0v) is 18.2. The number of hydrogen-bond donors (Lipinski definition) is 4. The molecule has 0 saturated heterocycles. The molecule has 0 spiro atoms. The average Bonchev–Trinajstić information content (AvgIpc) is 3.27. The molecule has 1 unspecified atom stereocenters. The summed E-state index contributed by atoms with van der Waals surface area (Å²) in [5, 5.41) is 35.2. The largest absolute Gasteiger partial charge is 0.483 e. The Bertz CT molecular complexity index is 1110. The van der Waals surface area contributed by atoms with Gasteiger partial charge in [0.25, 0.3) is 6.47 Å². The third-order valence-electron chi connectivity index (χ3n) is 4.80. The molecule has 0 bridgehead atoms. The van der Waals surface area contributed by atoms with Crippen LogP contribution in [-0.4, -0.2) is 49.0 Å². The first-order valence-corrected chi connectivity index (χ1v) is 10.2. The Morgan fingerprint density at radius 2 is 1.58 bits per heavy atom. The highest BCUT2D eigenvalue weighted by molar-refractivity contribution is 5.77. The molecular weight excluding hydrogens is 424 g/mol. The molecule has 1 heterocycles. The zero-order chi connectivity index (χ0) is 24.3. The fourth-order valence-corrected chi connectivity index (χ4v) is 3.03. The number of carboxylic acids is 1. The first-order valence-electron chi connectivity index (χ1n) is 10.2. The standard InChI is InChI=1S/C24H24N2O4.CH2O2/c1-24(30,23(28)29)22-25-14-15-26(22)17-21-12-10-20(11-13-21)9-8-19-6-4-18(5-7-19)3-2-16-27;2-1-3/h4-7,10-15,27,30H,2-3,16-17H2,1H3,(H,28,29);1H,(H,2,3). The third kappa shape index (κ3) is 7.31. The van der Waals surface area contributed by atoms with Crippen LogP contribution < -0.4 is 0 Å². The first kappa shape index (κ1) is 25.3. The van der Waals surface area contributed by atoms with Crippen LogP contribution in [0, 0.1) is 11.8 Å². The molecule has 0 fully saturated rings. The van der Waals surface area contributed by atoms with E-state index in [0.717, 1.165) is 29.5 Å². The van der Waals surface area contributed by atoms with E-state index in [2.05, 4.69) is 16.8 Å². The van der Waals surface area contributed by atoms with E-state index in [1.54, 1.807) is 10.8 Å². The van der Waals surface area contributed by atoms with Crippen molar-refractivity contribution in [3.05, 3.63) is 89.0 Å². The summed E-state index contributed by atoms with van der Waals surface area (Å²) in [5.41, 5.74) is 1.86. The number of benzene rings is 2.